The fourth-order valence-electron chi connectivity index (χ4n) is 1.78. The van der Waals surface area contributed by atoms with Crippen LogP contribution in [0, 0.1) is 0 Å². The fraction of sp³-hybridized carbons (Fsp3) is 0.583. The van der Waals surface area contributed by atoms with Crippen molar-refractivity contribution in [3.8, 4) is 0 Å². The van der Waals surface area contributed by atoms with E-state index < -0.39 is 0 Å². The molecule has 0 fully saturated rings. The Morgan fingerprint density at radius 1 is 1.47 bits per heavy atom. The highest BCUT2D eigenvalue weighted by atomic mass is 79.9. The van der Waals surface area contributed by atoms with Crippen LogP contribution in [0.5, 0.6) is 0 Å². The SMILES string of the molecule is CCOC(CC)C(Cc1ccc(Br)cn1)NN. The van der Waals surface area contributed by atoms with Crippen molar-refractivity contribution < 1.29 is 4.74 Å². The quantitative estimate of drug-likeness (QED) is 0.598. The molecule has 5 heteroatoms. The summed E-state index contributed by atoms with van der Waals surface area (Å²) in [6, 6.07) is 4.07. The van der Waals surface area contributed by atoms with Crippen LogP contribution in [0.3, 0.4) is 0 Å². The van der Waals surface area contributed by atoms with Gasteiger partial charge in [0.2, 0.25) is 0 Å². The van der Waals surface area contributed by atoms with E-state index in [9.17, 15) is 0 Å². The minimum absolute atomic E-state index is 0.0913. The van der Waals surface area contributed by atoms with Crippen LogP contribution in [0.1, 0.15) is 26.0 Å². The summed E-state index contributed by atoms with van der Waals surface area (Å²) >= 11 is 3.37. The molecule has 0 aliphatic carbocycles. The van der Waals surface area contributed by atoms with E-state index in [2.05, 4.69) is 33.3 Å². The number of hydrogen-bond acceptors (Lipinski definition) is 4. The van der Waals surface area contributed by atoms with Crippen LogP contribution in [0.2, 0.25) is 0 Å². The maximum absolute atomic E-state index is 5.66. The molecule has 0 spiro atoms. The third-order valence-electron chi connectivity index (χ3n) is 2.66. The molecule has 0 amide bonds. The van der Waals surface area contributed by atoms with Gasteiger partial charge < -0.3 is 4.74 Å². The van der Waals surface area contributed by atoms with E-state index in [0.29, 0.717) is 6.61 Å². The number of halogens is 1. The Balaban J connectivity index is 2.64. The Morgan fingerprint density at radius 3 is 2.71 bits per heavy atom. The van der Waals surface area contributed by atoms with Crippen LogP contribution < -0.4 is 11.3 Å². The number of nitrogens with two attached hydrogens (primary N) is 1. The van der Waals surface area contributed by atoms with Crippen molar-refractivity contribution in [1.82, 2.24) is 10.4 Å². The second-order valence-electron chi connectivity index (χ2n) is 3.85. The van der Waals surface area contributed by atoms with Gasteiger partial charge in [0.1, 0.15) is 0 Å². The van der Waals surface area contributed by atoms with Crippen LogP contribution in [0.4, 0.5) is 0 Å². The van der Waals surface area contributed by atoms with E-state index in [1.54, 1.807) is 6.20 Å². The van der Waals surface area contributed by atoms with Crippen molar-refractivity contribution in [3.63, 3.8) is 0 Å². The molecule has 2 atom stereocenters. The van der Waals surface area contributed by atoms with Gasteiger partial charge in [-0.1, -0.05) is 6.92 Å². The Hall–Kier alpha value is -0.490. The third kappa shape index (κ3) is 4.71. The first-order valence-electron chi connectivity index (χ1n) is 5.89. The highest BCUT2D eigenvalue weighted by molar-refractivity contribution is 9.10. The number of nitrogens with one attached hydrogen (secondary N) is 1. The van der Waals surface area contributed by atoms with Gasteiger partial charge in [-0.3, -0.25) is 16.3 Å². The van der Waals surface area contributed by atoms with Crippen molar-refractivity contribution in [2.24, 2.45) is 5.84 Å². The number of rotatable bonds is 7. The first-order valence-corrected chi connectivity index (χ1v) is 6.68. The van der Waals surface area contributed by atoms with Crippen molar-refractivity contribution >= 4 is 15.9 Å². The number of hydrogen-bond donors (Lipinski definition) is 2. The Morgan fingerprint density at radius 2 is 2.24 bits per heavy atom. The number of hydrazine groups is 1. The average Bonchev–Trinajstić information content (AvgIpc) is 2.36. The molecule has 1 heterocycles. The van der Waals surface area contributed by atoms with Crippen LogP contribution in [-0.4, -0.2) is 23.7 Å². The molecule has 1 aromatic heterocycles. The third-order valence-corrected chi connectivity index (χ3v) is 3.13. The molecule has 0 radical (unpaired) electrons. The summed E-state index contributed by atoms with van der Waals surface area (Å²) in [6.45, 7) is 4.79. The molecule has 0 aromatic carbocycles. The minimum Gasteiger partial charge on any atom is -0.377 e. The van der Waals surface area contributed by atoms with Crippen LogP contribution in [0.15, 0.2) is 22.8 Å². The molecule has 1 rings (SSSR count). The van der Waals surface area contributed by atoms with Crippen LogP contribution in [-0.2, 0) is 11.2 Å². The molecule has 2 unspecified atom stereocenters. The van der Waals surface area contributed by atoms with Crippen molar-refractivity contribution in [2.75, 3.05) is 6.61 Å². The molecular weight excluding hydrogens is 282 g/mol. The lowest BCUT2D eigenvalue weighted by Gasteiger charge is -2.25. The maximum Gasteiger partial charge on any atom is 0.0742 e. The molecule has 0 aliphatic heterocycles. The summed E-state index contributed by atoms with van der Waals surface area (Å²) in [5.41, 5.74) is 3.83. The van der Waals surface area contributed by atoms with Crippen molar-refractivity contribution in [1.29, 1.82) is 0 Å². The lowest BCUT2D eigenvalue weighted by atomic mass is 10.0. The van der Waals surface area contributed by atoms with E-state index in [0.717, 1.165) is 23.0 Å². The molecule has 3 N–H and O–H groups in total. The average molecular weight is 302 g/mol. The molecule has 0 saturated heterocycles. The zero-order chi connectivity index (χ0) is 12.7. The molecule has 0 bridgehead atoms. The predicted molar refractivity (Wildman–Crippen MR) is 72.5 cm³/mol. The van der Waals surface area contributed by atoms with E-state index in [-0.39, 0.29) is 12.1 Å². The van der Waals surface area contributed by atoms with Crippen molar-refractivity contribution in [3.05, 3.63) is 28.5 Å². The lowest BCUT2D eigenvalue weighted by Crippen LogP contribution is -2.46. The summed E-state index contributed by atoms with van der Waals surface area (Å²) < 4.78 is 6.64. The number of pyridine rings is 1. The standard InChI is InChI=1S/C12H20BrN3O/c1-3-12(17-4-2)11(16-14)7-10-6-5-9(13)8-15-10/h5-6,8,11-12,16H,3-4,7,14H2,1-2H3. The van der Waals surface area contributed by atoms with Gasteiger partial charge in [0, 0.05) is 29.4 Å². The lowest BCUT2D eigenvalue weighted by molar-refractivity contribution is 0.0317. The first kappa shape index (κ1) is 14.6. The van der Waals surface area contributed by atoms with Gasteiger partial charge in [0.05, 0.1) is 12.1 Å². The molecule has 17 heavy (non-hydrogen) atoms. The van der Waals surface area contributed by atoms with E-state index >= 15 is 0 Å². The predicted octanol–water partition coefficient (Wildman–Crippen LogP) is 2.03. The molecule has 1 aromatic rings. The molecule has 0 saturated carbocycles. The maximum atomic E-state index is 5.66. The second-order valence-corrected chi connectivity index (χ2v) is 4.76. The zero-order valence-corrected chi connectivity index (χ0v) is 11.9. The van der Waals surface area contributed by atoms with Crippen molar-refractivity contribution in [2.45, 2.75) is 38.8 Å². The normalized spacial score (nSPS) is 14.6. The molecule has 4 nitrogen and oxygen atoms in total. The van der Waals surface area contributed by atoms with Gasteiger partial charge in [0.15, 0.2) is 0 Å². The van der Waals surface area contributed by atoms with Gasteiger partial charge in [-0.15, -0.1) is 0 Å². The highest BCUT2D eigenvalue weighted by Crippen LogP contribution is 2.12. The molecule has 96 valence electrons. The van der Waals surface area contributed by atoms with Crippen LogP contribution >= 0.6 is 15.9 Å². The fourth-order valence-corrected chi connectivity index (χ4v) is 2.02. The Kier molecular flexibility index (Phi) is 6.65. The number of nitrogens with zero attached hydrogens (tertiary/aromatic N) is 1. The zero-order valence-electron chi connectivity index (χ0n) is 10.3. The van der Waals surface area contributed by atoms with E-state index in [1.807, 2.05) is 19.1 Å². The van der Waals surface area contributed by atoms with Gasteiger partial charge in [-0.05, 0) is 41.4 Å². The summed E-state index contributed by atoms with van der Waals surface area (Å²) in [6.07, 6.45) is 3.61. The van der Waals surface area contributed by atoms with Gasteiger partial charge >= 0.3 is 0 Å². The minimum atomic E-state index is 0.0913. The number of aromatic nitrogens is 1. The van der Waals surface area contributed by atoms with E-state index in [4.69, 9.17) is 10.6 Å². The second kappa shape index (κ2) is 7.76. The Bertz CT molecular complexity index is 318. The highest BCUT2D eigenvalue weighted by Gasteiger charge is 2.19. The summed E-state index contributed by atoms with van der Waals surface area (Å²) in [4.78, 5) is 4.34. The largest absolute Gasteiger partial charge is 0.377 e. The monoisotopic (exact) mass is 301 g/mol. The molecule has 0 aliphatic rings. The summed E-state index contributed by atoms with van der Waals surface area (Å²) in [5.74, 6) is 5.59. The van der Waals surface area contributed by atoms with Gasteiger partial charge in [0.25, 0.3) is 0 Å². The Labute approximate surface area is 111 Å². The number of ether oxygens (including phenoxy) is 1. The summed E-state index contributed by atoms with van der Waals surface area (Å²) in [7, 11) is 0. The first-order chi connectivity index (χ1) is 8.21. The van der Waals surface area contributed by atoms with E-state index in [1.165, 1.54) is 0 Å². The summed E-state index contributed by atoms with van der Waals surface area (Å²) in [5, 5.41) is 0. The smallest absolute Gasteiger partial charge is 0.0742 e. The van der Waals surface area contributed by atoms with Gasteiger partial charge in [-0.25, -0.2) is 0 Å². The topological polar surface area (TPSA) is 60.2 Å². The van der Waals surface area contributed by atoms with Gasteiger partial charge in [-0.2, -0.15) is 0 Å². The molecular formula is C12H20BrN3O. The van der Waals surface area contributed by atoms with Crippen LogP contribution in [0.25, 0.3) is 0 Å².